The van der Waals surface area contributed by atoms with E-state index in [-0.39, 0.29) is 46.8 Å². The Balaban J connectivity index is 1.24. The molecule has 0 aromatic heterocycles. The maximum Gasteiger partial charge on any atom is 0.337 e. The molecule has 0 spiro atoms. The van der Waals surface area contributed by atoms with Gasteiger partial charge in [-0.1, -0.05) is 18.2 Å². The SMILES string of the molecule is CC=C1[C@@H](O[C@H]2O[C@@H](CO)[C@H](O)[C@H](O)[C@@H]2O)OC=C(C(=O)OC)[C@@H]1CC(=O)OC[C@@H]1O[C@H](O[C@H]2OC=C(C(=O)OC)[C@H](CC(=O)OCCc3ccc(O)c(O)c3)C2=CC)[C@@H](O)[C@@H](O)[C@H]1O. The third kappa shape index (κ3) is 11.8. The molecule has 4 aliphatic heterocycles. The van der Waals surface area contributed by atoms with Gasteiger partial charge in [-0.15, -0.1) is 0 Å². The third-order valence-electron chi connectivity index (χ3n) is 11.1. The second-order valence-corrected chi connectivity index (χ2v) is 15.1. The Kier molecular flexibility index (Phi) is 17.8. The predicted molar refractivity (Wildman–Crippen MR) is 212 cm³/mol. The van der Waals surface area contributed by atoms with Crippen LogP contribution in [-0.4, -0.2) is 178 Å². The molecule has 0 aliphatic carbocycles. The third-order valence-corrected chi connectivity index (χ3v) is 11.1. The molecule has 14 atom stereocenters. The summed E-state index contributed by atoms with van der Waals surface area (Å²) in [5, 5.41) is 92.4. The van der Waals surface area contributed by atoms with Crippen LogP contribution in [0.4, 0.5) is 0 Å². The van der Waals surface area contributed by atoms with E-state index < -0.39 is 136 Å². The van der Waals surface area contributed by atoms with Crippen molar-refractivity contribution in [2.75, 3.05) is 34.0 Å². The van der Waals surface area contributed by atoms with E-state index in [0.29, 0.717) is 5.56 Å². The monoisotopic (exact) mass is 926 g/mol. The molecule has 5 rings (SSSR count). The molecule has 23 nitrogen and oxygen atoms in total. The molecular weight excluding hydrogens is 872 g/mol. The summed E-state index contributed by atoms with van der Waals surface area (Å²) in [4.78, 5) is 52.1. The van der Waals surface area contributed by atoms with E-state index >= 15 is 0 Å². The van der Waals surface area contributed by atoms with Gasteiger partial charge in [-0.2, -0.15) is 0 Å². The Morgan fingerprint density at radius 3 is 1.58 bits per heavy atom. The summed E-state index contributed by atoms with van der Waals surface area (Å²) in [6.45, 7) is 1.45. The highest BCUT2D eigenvalue weighted by Crippen LogP contribution is 2.38. The quantitative estimate of drug-likeness (QED) is 0.0378. The van der Waals surface area contributed by atoms with E-state index in [9.17, 15) is 65.1 Å². The molecule has 2 saturated heterocycles. The van der Waals surface area contributed by atoms with Gasteiger partial charge in [0.15, 0.2) is 24.1 Å². The molecule has 2 fully saturated rings. The van der Waals surface area contributed by atoms with Gasteiger partial charge in [0.25, 0.3) is 0 Å². The van der Waals surface area contributed by atoms with Gasteiger partial charge in [0, 0.05) is 29.4 Å². The standard InChI is InChI=1S/C42H54O23/c1-5-19-21(12-29(46)58-10-9-18-7-8-25(44)26(45)11-18)23(37(54)56-3)15-61-40(19)65-42-36(53)34(51)32(49)28(63-42)17-59-30(47)13-22-20(6-2)39(60-16-24(22)38(55)57-4)64-41-35(52)33(50)31(48)27(14-43)62-41/h5-8,11,15-16,21-22,27-28,31-36,39-45,48-53H,9-10,12-14,17H2,1-4H3/t21-,22-,27+,28+,31+,32+,33+,34+,35+,36+,39-,40-,41-,42-/m1/s1. The minimum atomic E-state index is -1.93. The zero-order valence-corrected chi connectivity index (χ0v) is 35.6. The Bertz CT molecular complexity index is 1980. The Labute approximate surface area is 371 Å². The predicted octanol–water partition coefficient (Wildman–Crippen LogP) is -1.90. The van der Waals surface area contributed by atoms with Crippen LogP contribution in [0.2, 0.25) is 0 Å². The largest absolute Gasteiger partial charge is 0.504 e. The van der Waals surface area contributed by atoms with Gasteiger partial charge in [0.05, 0.1) is 63.9 Å². The minimum absolute atomic E-state index is 0.0891. The number of benzene rings is 1. The number of esters is 4. The van der Waals surface area contributed by atoms with Crippen LogP contribution >= 0.6 is 0 Å². The number of carbonyl (C=O) groups excluding carboxylic acids is 4. The summed E-state index contributed by atoms with van der Waals surface area (Å²) in [6, 6.07) is 4.12. The number of hydrogen-bond acceptors (Lipinski definition) is 23. The summed E-state index contributed by atoms with van der Waals surface area (Å²) in [7, 11) is 2.20. The van der Waals surface area contributed by atoms with E-state index in [1.165, 1.54) is 37.3 Å². The zero-order chi connectivity index (χ0) is 47.7. The summed E-state index contributed by atoms with van der Waals surface area (Å²) in [6.07, 6.45) is -16.2. The highest BCUT2D eigenvalue weighted by molar-refractivity contribution is 5.91. The number of phenols is 2. The van der Waals surface area contributed by atoms with Crippen molar-refractivity contribution >= 4 is 23.9 Å². The number of aliphatic hydroxyl groups is 7. The number of allylic oxidation sites excluding steroid dienone is 2. The van der Waals surface area contributed by atoms with Crippen LogP contribution < -0.4 is 0 Å². The van der Waals surface area contributed by atoms with Gasteiger partial charge in [-0.3, -0.25) is 9.59 Å². The first-order valence-electron chi connectivity index (χ1n) is 20.3. The number of hydrogen-bond donors (Lipinski definition) is 9. The van der Waals surface area contributed by atoms with Gasteiger partial charge in [-0.05, 0) is 31.5 Å². The number of rotatable bonds is 16. The molecule has 23 heteroatoms. The average molecular weight is 927 g/mol. The fourth-order valence-corrected chi connectivity index (χ4v) is 7.47. The lowest BCUT2D eigenvalue weighted by Gasteiger charge is -2.42. The van der Waals surface area contributed by atoms with Crippen LogP contribution in [0.3, 0.4) is 0 Å². The molecule has 0 bridgehead atoms. The average Bonchev–Trinajstić information content (AvgIpc) is 3.29. The van der Waals surface area contributed by atoms with E-state index in [4.69, 9.17) is 47.4 Å². The summed E-state index contributed by atoms with van der Waals surface area (Å²) >= 11 is 0. The van der Waals surface area contributed by atoms with Crippen molar-refractivity contribution in [3.63, 3.8) is 0 Å². The molecule has 1 aromatic carbocycles. The normalized spacial score (nSPS) is 33.8. The van der Waals surface area contributed by atoms with E-state index in [2.05, 4.69) is 0 Å². The van der Waals surface area contributed by atoms with Crippen molar-refractivity contribution in [1.82, 2.24) is 0 Å². The first-order valence-corrected chi connectivity index (χ1v) is 20.3. The second kappa shape index (κ2) is 22.8. The van der Waals surface area contributed by atoms with Gasteiger partial charge in [0.2, 0.25) is 12.6 Å². The van der Waals surface area contributed by atoms with E-state index in [0.717, 1.165) is 26.7 Å². The lowest BCUT2D eigenvalue weighted by Crippen LogP contribution is -2.60. The molecular formula is C42H54O23. The number of phenolic OH excluding ortho intramolecular Hbond substituents is 2. The van der Waals surface area contributed by atoms with Gasteiger partial charge in [-0.25, -0.2) is 9.59 Å². The molecule has 0 radical (unpaired) electrons. The smallest absolute Gasteiger partial charge is 0.337 e. The van der Waals surface area contributed by atoms with Crippen LogP contribution in [0.1, 0.15) is 32.3 Å². The van der Waals surface area contributed by atoms with Crippen LogP contribution in [0.15, 0.2) is 65.2 Å². The first kappa shape index (κ1) is 50.8. The van der Waals surface area contributed by atoms with Crippen molar-refractivity contribution < 1.29 is 113 Å². The van der Waals surface area contributed by atoms with E-state index in [1.807, 2.05) is 0 Å². The number of methoxy groups -OCH3 is 2. The summed E-state index contributed by atoms with van der Waals surface area (Å²) in [5.41, 5.74) is 0.611. The highest BCUT2D eigenvalue weighted by atomic mass is 16.8. The Morgan fingerprint density at radius 1 is 0.646 bits per heavy atom. The Hall–Kier alpha value is -5.18. The van der Waals surface area contributed by atoms with Crippen molar-refractivity contribution in [3.05, 3.63) is 70.7 Å². The minimum Gasteiger partial charge on any atom is -0.504 e. The van der Waals surface area contributed by atoms with Gasteiger partial charge >= 0.3 is 23.9 Å². The van der Waals surface area contributed by atoms with E-state index in [1.54, 1.807) is 6.92 Å². The van der Waals surface area contributed by atoms with Crippen LogP contribution in [0.5, 0.6) is 11.5 Å². The molecule has 1 aromatic rings. The van der Waals surface area contributed by atoms with Gasteiger partial charge in [0.1, 0.15) is 55.4 Å². The topological polar surface area (TPSA) is 343 Å². The molecule has 9 N–H and O–H groups in total. The maximum absolute atomic E-state index is 13.4. The first-order chi connectivity index (χ1) is 31.0. The zero-order valence-electron chi connectivity index (χ0n) is 35.6. The Morgan fingerprint density at radius 2 is 1.12 bits per heavy atom. The number of aliphatic hydroxyl groups excluding tert-OH is 7. The summed E-state index contributed by atoms with van der Waals surface area (Å²) < 4.78 is 54.6. The molecule has 0 saturated carbocycles. The van der Waals surface area contributed by atoms with Crippen LogP contribution in [0, 0.1) is 11.8 Å². The molecule has 360 valence electrons. The molecule has 4 heterocycles. The van der Waals surface area contributed by atoms with Crippen molar-refractivity contribution in [3.8, 4) is 11.5 Å². The number of ether oxygens (including phenoxy) is 10. The fourth-order valence-electron chi connectivity index (χ4n) is 7.47. The molecule has 0 amide bonds. The van der Waals surface area contributed by atoms with Crippen molar-refractivity contribution in [2.45, 2.75) is 107 Å². The van der Waals surface area contributed by atoms with Crippen LogP contribution in [0.25, 0.3) is 0 Å². The van der Waals surface area contributed by atoms with Gasteiger partial charge < -0.3 is 93.3 Å². The summed E-state index contributed by atoms with van der Waals surface area (Å²) in [5.74, 6) is -6.37. The van der Waals surface area contributed by atoms with Crippen molar-refractivity contribution in [2.24, 2.45) is 11.8 Å². The number of carbonyl (C=O) groups is 4. The van der Waals surface area contributed by atoms with Crippen LogP contribution in [-0.2, 0) is 73.0 Å². The molecule has 4 aliphatic rings. The number of aromatic hydroxyl groups is 2. The molecule has 65 heavy (non-hydrogen) atoms. The molecule has 0 unspecified atom stereocenters. The fraction of sp³-hybridized carbons (Fsp3) is 0.571. The van der Waals surface area contributed by atoms with Crippen molar-refractivity contribution in [1.29, 1.82) is 0 Å². The second-order valence-electron chi connectivity index (χ2n) is 15.1. The lowest BCUT2D eigenvalue weighted by atomic mass is 9.86. The lowest BCUT2D eigenvalue weighted by molar-refractivity contribution is -0.328. The highest BCUT2D eigenvalue weighted by Gasteiger charge is 2.49. The maximum atomic E-state index is 13.4.